The molecule has 4 heteroatoms. The second-order valence-corrected chi connectivity index (χ2v) is 6.54. The summed E-state index contributed by atoms with van der Waals surface area (Å²) in [5.74, 6) is 5.42. The lowest BCUT2D eigenvalue weighted by atomic mass is 10.1. The fraction of sp³-hybridized carbons (Fsp3) is 0.231. The number of rotatable bonds is 6. The van der Waals surface area contributed by atoms with E-state index in [-0.39, 0.29) is 22.3 Å². The highest BCUT2D eigenvalue weighted by molar-refractivity contribution is 5.55. The van der Waals surface area contributed by atoms with Crippen LogP contribution in [0.25, 0.3) is 12.2 Å². The second kappa shape index (κ2) is 11.7. The van der Waals surface area contributed by atoms with Crippen molar-refractivity contribution in [3.63, 3.8) is 0 Å². The summed E-state index contributed by atoms with van der Waals surface area (Å²) in [4.78, 5) is 0. The Hall–Kier alpha value is -3.24. The van der Waals surface area contributed by atoms with Crippen LogP contribution in [0.15, 0.2) is 36.4 Å². The predicted molar refractivity (Wildman–Crippen MR) is 114 cm³/mol. The Kier molecular flexibility index (Phi) is 8.98. The van der Waals surface area contributed by atoms with Crippen LogP contribution in [-0.4, -0.2) is 0 Å². The minimum atomic E-state index is -1.07. The Morgan fingerprint density at radius 1 is 0.633 bits per heavy atom. The molecule has 2 rings (SSSR count). The molecule has 0 spiro atoms. The van der Waals surface area contributed by atoms with Crippen molar-refractivity contribution in [3.8, 4) is 23.7 Å². The summed E-state index contributed by atoms with van der Waals surface area (Å²) in [5.41, 5.74) is -0.0265. The first-order chi connectivity index (χ1) is 14.5. The van der Waals surface area contributed by atoms with Crippen LogP contribution in [0.2, 0.25) is 0 Å². The van der Waals surface area contributed by atoms with E-state index in [1.807, 2.05) is 13.8 Å². The van der Waals surface area contributed by atoms with Gasteiger partial charge in [0.05, 0.1) is 11.1 Å². The Balaban J connectivity index is 2.21. The van der Waals surface area contributed by atoms with E-state index in [9.17, 15) is 17.6 Å². The summed E-state index contributed by atoms with van der Waals surface area (Å²) in [6.45, 7) is 3.97. The molecule has 0 aliphatic carbocycles. The summed E-state index contributed by atoms with van der Waals surface area (Å²) in [6.07, 6.45) is 9.95. The van der Waals surface area contributed by atoms with Crippen LogP contribution in [0.3, 0.4) is 0 Å². The van der Waals surface area contributed by atoms with Gasteiger partial charge in [-0.05, 0) is 48.7 Å². The number of halogens is 4. The molecule has 0 saturated heterocycles. The van der Waals surface area contributed by atoms with Crippen LogP contribution in [0.1, 0.15) is 61.8 Å². The Morgan fingerprint density at radius 3 is 1.40 bits per heavy atom. The van der Waals surface area contributed by atoms with Crippen molar-refractivity contribution in [1.29, 1.82) is 0 Å². The predicted octanol–water partition coefficient (Wildman–Crippen LogP) is 7.27. The summed E-state index contributed by atoms with van der Waals surface area (Å²) in [7, 11) is 0. The number of allylic oxidation sites excluding steroid dienone is 2. The van der Waals surface area contributed by atoms with Crippen LogP contribution in [0.4, 0.5) is 17.6 Å². The molecule has 0 N–H and O–H groups in total. The molecule has 30 heavy (non-hydrogen) atoms. The maximum Gasteiger partial charge on any atom is 0.175 e. The minimum Gasteiger partial charge on any atom is -0.203 e. The van der Waals surface area contributed by atoms with Gasteiger partial charge in [-0.1, -0.05) is 63.1 Å². The summed E-state index contributed by atoms with van der Waals surface area (Å²) >= 11 is 0. The van der Waals surface area contributed by atoms with Gasteiger partial charge < -0.3 is 0 Å². The lowest BCUT2D eigenvalue weighted by molar-refractivity contribution is 0.505. The maximum atomic E-state index is 14.1. The van der Waals surface area contributed by atoms with Crippen molar-refractivity contribution >= 4 is 12.2 Å². The van der Waals surface area contributed by atoms with Gasteiger partial charge in [0.15, 0.2) is 23.3 Å². The third-order valence-corrected chi connectivity index (χ3v) is 4.19. The standard InChI is InChI=1S/C26H22F4/c1-3-5-7-11-19-15-17-21(25(29)23(19)27)13-9-10-14-22-18-16-20(12-8-6-4-2)24(28)26(22)30/h7-8,11-12,15-18H,3-6H2,1-2H3/b11-7+,12-8+. The third kappa shape index (κ3) is 6.13. The largest absolute Gasteiger partial charge is 0.203 e. The molecule has 154 valence electrons. The van der Waals surface area contributed by atoms with Gasteiger partial charge in [0.2, 0.25) is 0 Å². The van der Waals surface area contributed by atoms with E-state index < -0.39 is 23.3 Å². The first kappa shape index (κ1) is 23.0. The first-order valence-corrected chi connectivity index (χ1v) is 9.80. The first-order valence-electron chi connectivity index (χ1n) is 9.80. The lowest BCUT2D eigenvalue weighted by Crippen LogP contribution is -1.93. The van der Waals surface area contributed by atoms with Crippen LogP contribution >= 0.6 is 0 Å². The molecule has 0 saturated carbocycles. The molecule has 0 aliphatic heterocycles. The van der Waals surface area contributed by atoms with Crippen molar-refractivity contribution in [1.82, 2.24) is 0 Å². The quantitative estimate of drug-likeness (QED) is 0.347. The zero-order valence-electron chi connectivity index (χ0n) is 17.0. The molecule has 0 fully saturated rings. The average Bonchev–Trinajstić information content (AvgIpc) is 2.74. The van der Waals surface area contributed by atoms with Crippen LogP contribution in [0, 0.1) is 47.0 Å². The van der Waals surface area contributed by atoms with Crippen molar-refractivity contribution in [3.05, 3.63) is 81.9 Å². The van der Waals surface area contributed by atoms with Crippen molar-refractivity contribution in [2.24, 2.45) is 0 Å². The van der Waals surface area contributed by atoms with Gasteiger partial charge in [-0.2, -0.15) is 0 Å². The van der Waals surface area contributed by atoms with Crippen LogP contribution < -0.4 is 0 Å². The highest BCUT2D eigenvalue weighted by atomic mass is 19.2. The summed E-state index contributed by atoms with van der Waals surface area (Å²) in [5, 5.41) is 0. The second-order valence-electron chi connectivity index (χ2n) is 6.54. The molecule has 0 aromatic heterocycles. The molecular formula is C26H22F4. The van der Waals surface area contributed by atoms with Gasteiger partial charge in [0, 0.05) is 11.1 Å². The Bertz CT molecular complexity index is 983. The Morgan fingerprint density at radius 2 is 1.03 bits per heavy atom. The van der Waals surface area contributed by atoms with Gasteiger partial charge in [-0.25, -0.2) is 17.6 Å². The van der Waals surface area contributed by atoms with E-state index in [0.29, 0.717) is 0 Å². The Labute approximate surface area is 175 Å². The smallest absolute Gasteiger partial charge is 0.175 e. The normalized spacial score (nSPS) is 10.7. The topological polar surface area (TPSA) is 0 Å². The van der Waals surface area contributed by atoms with Crippen molar-refractivity contribution in [2.75, 3.05) is 0 Å². The molecule has 0 aliphatic rings. The summed E-state index contributed by atoms with van der Waals surface area (Å²) in [6, 6.07) is 5.58. The third-order valence-electron chi connectivity index (χ3n) is 4.19. The van der Waals surface area contributed by atoms with E-state index >= 15 is 0 Å². The van der Waals surface area contributed by atoms with Gasteiger partial charge >= 0.3 is 0 Å². The van der Waals surface area contributed by atoms with E-state index in [1.165, 1.54) is 36.4 Å². The number of benzene rings is 2. The zero-order valence-corrected chi connectivity index (χ0v) is 17.0. The molecule has 0 heterocycles. The lowest BCUT2D eigenvalue weighted by Gasteiger charge is -2.01. The molecule has 0 nitrogen and oxygen atoms in total. The van der Waals surface area contributed by atoms with Crippen molar-refractivity contribution in [2.45, 2.75) is 39.5 Å². The highest BCUT2D eigenvalue weighted by Gasteiger charge is 2.11. The fourth-order valence-corrected chi connectivity index (χ4v) is 2.53. The maximum absolute atomic E-state index is 14.1. The van der Waals surface area contributed by atoms with Crippen LogP contribution in [0.5, 0.6) is 0 Å². The van der Waals surface area contributed by atoms with E-state index in [2.05, 4.69) is 23.7 Å². The molecule has 2 aromatic rings. The van der Waals surface area contributed by atoms with Gasteiger partial charge in [0.1, 0.15) is 0 Å². The zero-order chi connectivity index (χ0) is 21.9. The molecule has 0 atom stereocenters. The molecule has 0 radical (unpaired) electrons. The molecule has 2 aromatic carbocycles. The van der Waals surface area contributed by atoms with Crippen LogP contribution in [-0.2, 0) is 0 Å². The molecular weight excluding hydrogens is 388 g/mol. The number of unbranched alkanes of at least 4 members (excludes halogenated alkanes) is 2. The van der Waals surface area contributed by atoms with E-state index in [1.54, 1.807) is 12.2 Å². The van der Waals surface area contributed by atoms with Gasteiger partial charge in [0.25, 0.3) is 0 Å². The van der Waals surface area contributed by atoms with Crippen molar-refractivity contribution < 1.29 is 17.6 Å². The molecule has 0 bridgehead atoms. The van der Waals surface area contributed by atoms with E-state index in [4.69, 9.17) is 0 Å². The molecule has 0 unspecified atom stereocenters. The van der Waals surface area contributed by atoms with Gasteiger partial charge in [-0.15, -0.1) is 0 Å². The SMILES string of the molecule is CCC/C=C/c1ccc(C#CC#Cc2ccc(/C=C/CCC)c(F)c2F)c(F)c1F. The number of hydrogen-bond acceptors (Lipinski definition) is 0. The number of hydrogen-bond donors (Lipinski definition) is 0. The van der Waals surface area contributed by atoms with E-state index in [0.717, 1.165) is 25.7 Å². The minimum absolute atomic E-state index is 0.142. The monoisotopic (exact) mass is 410 g/mol. The summed E-state index contributed by atoms with van der Waals surface area (Å²) < 4.78 is 56.4. The fourth-order valence-electron chi connectivity index (χ4n) is 2.53. The van der Waals surface area contributed by atoms with Gasteiger partial charge in [-0.3, -0.25) is 0 Å². The highest BCUT2D eigenvalue weighted by Crippen LogP contribution is 2.18. The average molecular weight is 410 g/mol. The molecule has 0 amide bonds.